The van der Waals surface area contributed by atoms with E-state index in [1.54, 1.807) is 0 Å². The average Bonchev–Trinajstić information content (AvgIpc) is 3.33. The number of rotatable bonds is 5. The second kappa shape index (κ2) is 10.5. The molecule has 0 radical (unpaired) electrons. The van der Waals surface area contributed by atoms with Crippen LogP contribution in [0.1, 0.15) is 52.5 Å². The third kappa shape index (κ3) is 5.41. The maximum absolute atomic E-state index is 12.4. The molecular formula is C29H43N7O. The second-order valence-corrected chi connectivity index (χ2v) is 11.6. The number of piperazine rings is 2. The zero-order chi connectivity index (χ0) is 26.2. The molecule has 2 aliphatic heterocycles. The van der Waals surface area contributed by atoms with Crippen LogP contribution in [0.15, 0.2) is 48.3 Å². The third-order valence-electron chi connectivity index (χ3n) is 8.16. The molecule has 2 fully saturated rings. The van der Waals surface area contributed by atoms with E-state index in [1.807, 2.05) is 29.5 Å². The van der Waals surface area contributed by atoms with Crippen LogP contribution in [0.3, 0.4) is 0 Å². The van der Waals surface area contributed by atoms with Crippen molar-refractivity contribution < 1.29 is 4.79 Å². The largest absolute Gasteiger partial charge is 0.366 e. The molecule has 0 aromatic carbocycles. The van der Waals surface area contributed by atoms with Crippen molar-refractivity contribution in [3.63, 3.8) is 0 Å². The number of carbonyl (C=O) groups excluding carboxylic acids is 1. The van der Waals surface area contributed by atoms with Gasteiger partial charge in [0, 0.05) is 76.2 Å². The first kappa shape index (κ1) is 25.8. The van der Waals surface area contributed by atoms with E-state index in [-0.39, 0.29) is 17.6 Å². The molecule has 8 nitrogen and oxygen atoms in total. The quantitative estimate of drug-likeness (QED) is 0.650. The van der Waals surface area contributed by atoms with Crippen LogP contribution in [0.5, 0.6) is 0 Å². The van der Waals surface area contributed by atoms with Crippen molar-refractivity contribution in [1.82, 2.24) is 30.0 Å². The molecule has 2 aromatic heterocycles. The topological polar surface area (TPSA) is 68.2 Å². The predicted octanol–water partition coefficient (Wildman–Crippen LogP) is 3.62. The van der Waals surface area contributed by atoms with Gasteiger partial charge in [0.15, 0.2) is 0 Å². The molecule has 0 bridgehead atoms. The molecule has 0 spiro atoms. The van der Waals surface area contributed by atoms with Crippen molar-refractivity contribution in [2.45, 2.75) is 64.6 Å². The van der Waals surface area contributed by atoms with Gasteiger partial charge in [0.1, 0.15) is 0 Å². The molecule has 3 aliphatic rings. The molecule has 5 rings (SSSR count). The van der Waals surface area contributed by atoms with E-state index in [0.29, 0.717) is 12.0 Å². The fourth-order valence-corrected chi connectivity index (χ4v) is 5.91. The molecule has 2 atom stereocenters. The lowest BCUT2D eigenvalue weighted by atomic mass is 9.82. The van der Waals surface area contributed by atoms with Gasteiger partial charge in [0.25, 0.3) is 0 Å². The van der Waals surface area contributed by atoms with E-state index in [0.717, 1.165) is 57.8 Å². The van der Waals surface area contributed by atoms with Crippen LogP contribution < -0.4 is 15.5 Å². The molecule has 4 heterocycles. The fourth-order valence-electron chi connectivity index (χ4n) is 5.91. The molecule has 2 saturated heterocycles. The summed E-state index contributed by atoms with van der Waals surface area (Å²) in [5.41, 5.74) is 5.02. The number of amides is 2. The summed E-state index contributed by atoms with van der Waals surface area (Å²) >= 11 is 0. The van der Waals surface area contributed by atoms with Gasteiger partial charge in [-0.15, -0.1) is 0 Å². The minimum atomic E-state index is -0.00157. The number of carbonyl (C=O) groups is 1. The zero-order valence-corrected chi connectivity index (χ0v) is 23.1. The van der Waals surface area contributed by atoms with Crippen LogP contribution in [0.2, 0.25) is 0 Å². The fraction of sp³-hybridized carbons (Fsp3) is 0.586. The van der Waals surface area contributed by atoms with Gasteiger partial charge in [0.05, 0.1) is 16.7 Å². The first-order valence-corrected chi connectivity index (χ1v) is 13.9. The Morgan fingerprint density at radius 2 is 1.95 bits per heavy atom. The van der Waals surface area contributed by atoms with Crippen molar-refractivity contribution in [3.05, 3.63) is 53.9 Å². The number of allylic oxidation sites excluding steroid dienone is 2. The van der Waals surface area contributed by atoms with Crippen LogP contribution in [0.25, 0.3) is 5.52 Å². The van der Waals surface area contributed by atoms with Gasteiger partial charge in [-0.05, 0) is 64.3 Å². The van der Waals surface area contributed by atoms with E-state index < -0.39 is 0 Å². The minimum absolute atomic E-state index is 0.00157. The summed E-state index contributed by atoms with van der Waals surface area (Å²) in [7, 11) is 0. The summed E-state index contributed by atoms with van der Waals surface area (Å²) in [6.45, 7) is 17.2. The Morgan fingerprint density at radius 1 is 1.16 bits per heavy atom. The first-order chi connectivity index (χ1) is 17.7. The van der Waals surface area contributed by atoms with E-state index in [9.17, 15) is 4.79 Å². The molecule has 2 amide bonds. The van der Waals surface area contributed by atoms with Gasteiger partial charge in [0.2, 0.25) is 0 Å². The molecule has 0 saturated carbocycles. The number of hydrogen-bond acceptors (Lipinski definition) is 5. The maximum atomic E-state index is 12.4. The maximum Gasteiger partial charge on any atom is 0.317 e. The van der Waals surface area contributed by atoms with Crippen molar-refractivity contribution in [1.29, 1.82) is 0 Å². The number of hydrogen-bond donors (Lipinski definition) is 2. The van der Waals surface area contributed by atoms with Crippen molar-refractivity contribution >= 4 is 17.2 Å². The van der Waals surface area contributed by atoms with E-state index in [2.05, 4.69) is 82.9 Å². The van der Waals surface area contributed by atoms with Crippen molar-refractivity contribution in [2.75, 3.05) is 50.7 Å². The molecule has 8 heteroatoms. The Balaban J connectivity index is 1.27. The lowest BCUT2D eigenvalue weighted by Crippen LogP contribution is -2.60. The standard InChI is InChI=1S/C29H43N7O/c1-21(2)32-28(37)34-16-14-33(15-17-34)26-10-11-31-36-19-24(18-27(26)36)23-6-8-25(9-7-23)29(5)20-35(22(3)4)13-12-30-29/h6,8-11,18-19,21-23,30H,7,12-17,20H2,1-5H3,(H,32,37)/t23?,29-/m0/s1. The Labute approximate surface area is 221 Å². The average molecular weight is 506 g/mol. The predicted molar refractivity (Wildman–Crippen MR) is 150 cm³/mol. The van der Waals surface area contributed by atoms with E-state index in [4.69, 9.17) is 0 Å². The van der Waals surface area contributed by atoms with Crippen LogP contribution in [-0.4, -0.2) is 88.9 Å². The highest BCUT2D eigenvalue weighted by Crippen LogP contribution is 2.34. The Kier molecular flexibility index (Phi) is 7.32. The number of nitrogens with zero attached hydrogens (tertiary/aromatic N) is 5. The summed E-state index contributed by atoms with van der Waals surface area (Å²) in [5.74, 6) is 0.350. The molecule has 1 unspecified atom stereocenters. The number of aromatic nitrogens is 2. The summed E-state index contributed by atoms with van der Waals surface area (Å²) in [4.78, 5) is 19.3. The van der Waals surface area contributed by atoms with Gasteiger partial charge in [-0.1, -0.05) is 18.2 Å². The molecule has 37 heavy (non-hydrogen) atoms. The first-order valence-electron chi connectivity index (χ1n) is 13.9. The summed E-state index contributed by atoms with van der Waals surface area (Å²) in [6.07, 6.45) is 12.2. The van der Waals surface area contributed by atoms with Crippen molar-refractivity contribution in [2.24, 2.45) is 0 Å². The smallest absolute Gasteiger partial charge is 0.317 e. The highest BCUT2D eigenvalue weighted by molar-refractivity contribution is 5.76. The highest BCUT2D eigenvalue weighted by atomic mass is 16.2. The monoisotopic (exact) mass is 505 g/mol. The van der Waals surface area contributed by atoms with Crippen molar-refractivity contribution in [3.8, 4) is 0 Å². The van der Waals surface area contributed by atoms with Gasteiger partial charge < -0.3 is 20.4 Å². The lowest BCUT2D eigenvalue weighted by Gasteiger charge is -2.44. The van der Waals surface area contributed by atoms with Gasteiger partial charge in [-0.25, -0.2) is 9.31 Å². The van der Waals surface area contributed by atoms with Crippen LogP contribution >= 0.6 is 0 Å². The molecule has 2 aromatic rings. The summed E-state index contributed by atoms with van der Waals surface area (Å²) < 4.78 is 2.01. The number of fused-ring (bicyclic) bond motifs is 1. The summed E-state index contributed by atoms with van der Waals surface area (Å²) in [5, 5.41) is 11.4. The number of anilines is 1. The SMILES string of the molecule is CC(C)NC(=O)N1CCN(c2ccnn3cc(C4C=CC([C@]5(C)CN(C(C)C)CCN5)=CC4)cc23)CC1. The molecule has 1 aliphatic carbocycles. The second-order valence-electron chi connectivity index (χ2n) is 11.6. The van der Waals surface area contributed by atoms with Crippen LogP contribution in [-0.2, 0) is 0 Å². The van der Waals surface area contributed by atoms with E-state index >= 15 is 0 Å². The molecular weight excluding hydrogens is 462 g/mol. The molecule has 200 valence electrons. The third-order valence-corrected chi connectivity index (χ3v) is 8.16. The van der Waals surface area contributed by atoms with Gasteiger partial charge >= 0.3 is 6.03 Å². The zero-order valence-electron chi connectivity index (χ0n) is 23.1. The van der Waals surface area contributed by atoms with Gasteiger partial charge in [-0.2, -0.15) is 5.10 Å². The number of urea groups is 1. The Hall–Kier alpha value is -2.84. The van der Waals surface area contributed by atoms with E-state index in [1.165, 1.54) is 16.8 Å². The lowest BCUT2D eigenvalue weighted by molar-refractivity contribution is 0.134. The molecule has 2 N–H and O–H groups in total. The number of nitrogens with one attached hydrogen (secondary N) is 2. The highest BCUT2D eigenvalue weighted by Gasteiger charge is 2.35. The Morgan fingerprint density at radius 3 is 2.62 bits per heavy atom. The summed E-state index contributed by atoms with van der Waals surface area (Å²) in [6, 6.07) is 5.16. The van der Waals surface area contributed by atoms with Crippen LogP contribution in [0.4, 0.5) is 10.5 Å². The van der Waals surface area contributed by atoms with Gasteiger partial charge in [-0.3, -0.25) is 4.90 Å². The van der Waals surface area contributed by atoms with Crippen LogP contribution in [0, 0.1) is 0 Å². The Bertz CT molecular complexity index is 1170. The normalized spacial score (nSPS) is 25.3. The minimum Gasteiger partial charge on any atom is -0.366 e.